The van der Waals surface area contributed by atoms with Gasteiger partial charge < -0.3 is 14.6 Å². The van der Waals surface area contributed by atoms with Gasteiger partial charge in [0.1, 0.15) is 5.75 Å². The fourth-order valence-corrected chi connectivity index (χ4v) is 2.50. The summed E-state index contributed by atoms with van der Waals surface area (Å²) in [4.78, 5) is 0. The van der Waals surface area contributed by atoms with E-state index in [2.05, 4.69) is 49.0 Å². The molecule has 0 radical (unpaired) electrons. The van der Waals surface area contributed by atoms with Crippen molar-refractivity contribution in [3.05, 3.63) is 29.5 Å². The first-order valence-corrected chi connectivity index (χ1v) is 7.10. The Kier molecular flexibility index (Phi) is 4.48. The fraction of sp³-hybridized carbons (Fsp3) is 0.500. The lowest BCUT2D eigenvalue weighted by atomic mass is 10.1. The van der Waals surface area contributed by atoms with E-state index in [1.165, 1.54) is 22.2 Å². The average Bonchev–Trinajstić information content (AvgIpc) is 2.64. The maximum absolute atomic E-state index is 5.61. The molecule has 0 aliphatic heterocycles. The van der Waals surface area contributed by atoms with Gasteiger partial charge in [-0.15, -0.1) is 0 Å². The number of hydrogen-bond acceptors (Lipinski definition) is 2. The van der Waals surface area contributed by atoms with Gasteiger partial charge in [-0.05, 0) is 50.6 Å². The molecule has 0 saturated heterocycles. The van der Waals surface area contributed by atoms with E-state index in [1.54, 1.807) is 0 Å². The highest BCUT2D eigenvalue weighted by molar-refractivity contribution is 5.86. The number of aromatic nitrogens is 1. The van der Waals surface area contributed by atoms with Gasteiger partial charge in [-0.3, -0.25) is 0 Å². The molecule has 0 bridgehead atoms. The first-order chi connectivity index (χ1) is 9.19. The molecule has 0 spiro atoms. The Morgan fingerprint density at radius 3 is 2.74 bits per heavy atom. The Labute approximate surface area is 115 Å². The van der Waals surface area contributed by atoms with Crippen LogP contribution >= 0.6 is 0 Å². The van der Waals surface area contributed by atoms with Crippen LogP contribution in [0.2, 0.25) is 0 Å². The highest BCUT2D eigenvalue weighted by Gasteiger charge is 2.12. The predicted molar refractivity (Wildman–Crippen MR) is 80.8 cm³/mol. The Hall–Kier alpha value is -1.48. The van der Waals surface area contributed by atoms with Crippen molar-refractivity contribution in [1.29, 1.82) is 0 Å². The number of benzene rings is 1. The second-order valence-corrected chi connectivity index (χ2v) is 4.91. The van der Waals surface area contributed by atoms with Crippen LogP contribution in [0, 0.1) is 6.92 Å². The molecule has 3 nitrogen and oxygen atoms in total. The number of fused-ring (bicyclic) bond motifs is 1. The van der Waals surface area contributed by atoms with Crippen molar-refractivity contribution in [3.8, 4) is 5.75 Å². The molecule has 2 aromatic rings. The van der Waals surface area contributed by atoms with E-state index < -0.39 is 0 Å². The van der Waals surface area contributed by atoms with Crippen molar-refractivity contribution in [2.45, 2.75) is 33.7 Å². The molecule has 2 rings (SSSR count). The summed E-state index contributed by atoms with van der Waals surface area (Å²) in [6, 6.07) is 6.36. The van der Waals surface area contributed by atoms with Gasteiger partial charge in [0, 0.05) is 30.2 Å². The van der Waals surface area contributed by atoms with Crippen LogP contribution in [-0.2, 0) is 13.6 Å². The van der Waals surface area contributed by atoms with E-state index >= 15 is 0 Å². The quantitative estimate of drug-likeness (QED) is 0.806. The van der Waals surface area contributed by atoms with Gasteiger partial charge in [-0.1, -0.05) is 6.92 Å². The normalized spacial score (nSPS) is 11.2. The number of ether oxygens (including phenoxy) is 1. The molecule has 1 aromatic heterocycles. The number of hydrogen-bond donors (Lipinski definition) is 1. The molecular formula is C16H24N2O. The van der Waals surface area contributed by atoms with E-state index in [0.29, 0.717) is 6.61 Å². The summed E-state index contributed by atoms with van der Waals surface area (Å²) in [6.07, 6.45) is 1.16. The molecule has 0 fully saturated rings. The standard InChI is InChI=1S/C16H24N2O/c1-5-9-17-11-15-12(3)18(4)16-8-7-13(19-6-2)10-14(15)16/h7-8,10,17H,5-6,9,11H2,1-4H3. The molecule has 1 N–H and O–H groups in total. The molecule has 0 unspecified atom stereocenters. The molecule has 0 saturated carbocycles. The molecule has 3 heteroatoms. The van der Waals surface area contributed by atoms with Crippen molar-refractivity contribution in [3.63, 3.8) is 0 Å². The van der Waals surface area contributed by atoms with Crippen molar-refractivity contribution in [2.24, 2.45) is 7.05 Å². The van der Waals surface area contributed by atoms with Crippen LogP contribution in [0.5, 0.6) is 5.75 Å². The minimum atomic E-state index is 0.709. The highest BCUT2D eigenvalue weighted by Crippen LogP contribution is 2.28. The van der Waals surface area contributed by atoms with Crippen LogP contribution < -0.4 is 10.1 Å². The van der Waals surface area contributed by atoms with Gasteiger partial charge in [-0.2, -0.15) is 0 Å². The van der Waals surface area contributed by atoms with Gasteiger partial charge in [0.2, 0.25) is 0 Å². The van der Waals surface area contributed by atoms with E-state index in [-0.39, 0.29) is 0 Å². The summed E-state index contributed by atoms with van der Waals surface area (Å²) in [6.45, 7) is 9.08. The monoisotopic (exact) mass is 260 g/mol. The minimum absolute atomic E-state index is 0.709. The Morgan fingerprint density at radius 1 is 1.26 bits per heavy atom. The predicted octanol–water partition coefficient (Wildman–Crippen LogP) is 3.39. The zero-order chi connectivity index (χ0) is 13.8. The maximum atomic E-state index is 5.61. The Bertz CT molecular complexity index is 557. The summed E-state index contributed by atoms with van der Waals surface area (Å²) in [5.74, 6) is 0.956. The first kappa shape index (κ1) is 13.9. The molecule has 19 heavy (non-hydrogen) atoms. The smallest absolute Gasteiger partial charge is 0.120 e. The first-order valence-electron chi connectivity index (χ1n) is 7.10. The molecular weight excluding hydrogens is 236 g/mol. The molecule has 0 amide bonds. The van der Waals surface area contributed by atoms with Crippen LogP contribution in [0.1, 0.15) is 31.5 Å². The van der Waals surface area contributed by atoms with Crippen LogP contribution in [0.4, 0.5) is 0 Å². The fourth-order valence-electron chi connectivity index (χ4n) is 2.50. The van der Waals surface area contributed by atoms with E-state index in [0.717, 1.165) is 25.3 Å². The third-order valence-corrected chi connectivity index (χ3v) is 3.63. The van der Waals surface area contributed by atoms with Crippen LogP contribution in [0.3, 0.4) is 0 Å². The average molecular weight is 260 g/mol. The lowest BCUT2D eigenvalue weighted by Crippen LogP contribution is -2.14. The SMILES string of the molecule is CCCNCc1c(C)n(C)c2ccc(OCC)cc12. The lowest BCUT2D eigenvalue weighted by Gasteiger charge is -2.05. The van der Waals surface area contributed by atoms with Crippen LogP contribution in [0.15, 0.2) is 18.2 Å². The van der Waals surface area contributed by atoms with Crippen LogP contribution in [0.25, 0.3) is 10.9 Å². The largest absolute Gasteiger partial charge is 0.494 e. The topological polar surface area (TPSA) is 26.2 Å². The lowest BCUT2D eigenvalue weighted by molar-refractivity contribution is 0.340. The third kappa shape index (κ3) is 2.76. The number of nitrogens with zero attached hydrogens (tertiary/aromatic N) is 1. The van der Waals surface area contributed by atoms with Gasteiger partial charge >= 0.3 is 0 Å². The van der Waals surface area contributed by atoms with Gasteiger partial charge in [0.15, 0.2) is 0 Å². The van der Waals surface area contributed by atoms with Crippen molar-refractivity contribution in [1.82, 2.24) is 9.88 Å². The van der Waals surface area contributed by atoms with Crippen molar-refractivity contribution >= 4 is 10.9 Å². The summed E-state index contributed by atoms with van der Waals surface area (Å²) in [7, 11) is 2.13. The molecule has 104 valence electrons. The van der Waals surface area contributed by atoms with Crippen LogP contribution in [-0.4, -0.2) is 17.7 Å². The second kappa shape index (κ2) is 6.11. The number of aryl methyl sites for hydroxylation is 1. The molecule has 0 aliphatic rings. The molecule has 1 aromatic carbocycles. The summed E-state index contributed by atoms with van der Waals surface area (Å²) >= 11 is 0. The van der Waals surface area contributed by atoms with Gasteiger partial charge in [0.05, 0.1) is 6.61 Å². The number of rotatable bonds is 6. The minimum Gasteiger partial charge on any atom is -0.494 e. The van der Waals surface area contributed by atoms with Gasteiger partial charge in [0.25, 0.3) is 0 Å². The van der Waals surface area contributed by atoms with Crippen molar-refractivity contribution in [2.75, 3.05) is 13.2 Å². The maximum Gasteiger partial charge on any atom is 0.120 e. The summed E-state index contributed by atoms with van der Waals surface area (Å²) in [5, 5.41) is 4.80. The Balaban J connectivity index is 2.41. The zero-order valence-electron chi connectivity index (χ0n) is 12.4. The third-order valence-electron chi connectivity index (χ3n) is 3.63. The Morgan fingerprint density at radius 2 is 2.05 bits per heavy atom. The summed E-state index contributed by atoms with van der Waals surface area (Å²) < 4.78 is 7.87. The number of nitrogens with one attached hydrogen (secondary N) is 1. The molecule has 1 heterocycles. The van der Waals surface area contributed by atoms with Crippen molar-refractivity contribution < 1.29 is 4.74 Å². The molecule has 0 atom stereocenters. The molecule has 0 aliphatic carbocycles. The van der Waals surface area contributed by atoms with E-state index in [9.17, 15) is 0 Å². The zero-order valence-corrected chi connectivity index (χ0v) is 12.4. The van der Waals surface area contributed by atoms with E-state index in [4.69, 9.17) is 4.74 Å². The highest BCUT2D eigenvalue weighted by atomic mass is 16.5. The van der Waals surface area contributed by atoms with Gasteiger partial charge in [-0.25, -0.2) is 0 Å². The van der Waals surface area contributed by atoms with E-state index in [1.807, 2.05) is 6.92 Å². The second-order valence-electron chi connectivity index (χ2n) is 4.91. The summed E-state index contributed by atoms with van der Waals surface area (Å²) in [5.41, 5.74) is 3.98.